The van der Waals surface area contributed by atoms with E-state index >= 15 is 0 Å². The molecule has 5 heteroatoms. The first-order valence-corrected chi connectivity index (χ1v) is 6.83. The van der Waals surface area contributed by atoms with Crippen molar-refractivity contribution >= 4 is 11.9 Å². The van der Waals surface area contributed by atoms with Crippen molar-refractivity contribution in [2.24, 2.45) is 5.92 Å². The lowest BCUT2D eigenvalue weighted by molar-refractivity contribution is -0.137. The number of carbonyl (C=O) groups is 2. The van der Waals surface area contributed by atoms with Gasteiger partial charge in [-0.3, -0.25) is 4.79 Å². The highest BCUT2D eigenvalue weighted by Gasteiger charge is 2.61. The summed E-state index contributed by atoms with van der Waals surface area (Å²) in [4.78, 5) is 26.0. The van der Waals surface area contributed by atoms with Crippen LogP contribution in [-0.2, 0) is 19.1 Å². The zero-order valence-electron chi connectivity index (χ0n) is 12.2. The topological polar surface area (TPSA) is 55.8 Å². The van der Waals surface area contributed by atoms with E-state index in [2.05, 4.69) is 6.58 Å². The molecule has 0 aromatic heterocycles. The number of carbonyl (C=O) groups excluding carboxylic acids is 2. The van der Waals surface area contributed by atoms with Crippen molar-refractivity contribution in [3.8, 4) is 0 Å². The van der Waals surface area contributed by atoms with Crippen LogP contribution < -0.4 is 0 Å². The molecule has 0 saturated carbocycles. The van der Waals surface area contributed by atoms with Gasteiger partial charge in [-0.05, 0) is 34.1 Å². The summed E-state index contributed by atoms with van der Waals surface area (Å²) in [6.45, 7) is 11.1. The van der Waals surface area contributed by atoms with Gasteiger partial charge in [0.15, 0.2) is 5.76 Å². The van der Waals surface area contributed by atoms with Crippen molar-refractivity contribution in [3.05, 3.63) is 23.6 Å². The second-order valence-corrected chi connectivity index (χ2v) is 6.65. The summed E-state index contributed by atoms with van der Waals surface area (Å²) in [5.41, 5.74) is 0.713. The molecule has 3 unspecified atom stereocenters. The van der Waals surface area contributed by atoms with Gasteiger partial charge in [0.25, 0.3) is 0 Å². The Balaban J connectivity index is 2.02. The molecule has 5 nitrogen and oxygen atoms in total. The van der Waals surface area contributed by atoms with Gasteiger partial charge in [-0.15, -0.1) is 0 Å². The number of amides is 1. The van der Waals surface area contributed by atoms with E-state index in [1.165, 1.54) is 0 Å². The maximum atomic E-state index is 12.5. The van der Waals surface area contributed by atoms with Gasteiger partial charge in [0.1, 0.15) is 12.2 Å². The molecule has 2 bridgehead atoms. The molecular weight excluding hydrogens is 258 g/mol. The second-order valence-electron chi connectivity index (χ2n) is 6.65. The van der Waals surface area contributed by atoms with Crippen molar-refractivity contribution in [1.29, 1.82) is 0 Å². The van der Waals surface area contributed by atoms with Crippen LogP contribution in [0.5, 0.6) is 0 Å². The zero-order valence-corrected chi connectivity index (χ0v) is 12.2. The van der Waals surface area contributed by atoms with Gasteiger partial charge in [-0.2, -0.15) is 0 Å². The first kappa shape index (κ1) is 13.4. The highest BCUT2D eigenvalue weighted by Crippen LogP contribution is 2.52. The number of hydrogen-bond donors (Lipinski definition) is 0. The van der Waals surface area contributed by atoms with E-state index in [0.717, 1.165) is 5.70 Å². The number of rotatable bonds is 2. The van der Waals surface area contributed by atoms with Gasteiger partial charge in [0.2, 0.25) is 5.91 Å². The Kier molecular flexibility index (Phi) is 2.64. The van der Waals surface area contributed by atoms with Gasteiger partial charge in [-0.25, -0.2) is 4.79 Å². The largest absolute Gasteiger partial charge is 0.423 e. The molecule has 3 rings (SSSR count). The number of ether oxygens (including phenoxy) is 2. The van der Waals surface area contributed by atoms with Crippen molar-refractivity contribution in [2.45, 2.75) is 51.9 Å². The highest BCUT2D eigenvalue weighted by molar-refractivity contribution is 5.90. The molecule has 0 spiro atoms. The fraction of sp³-hybridized carbons (Fsp3) is 0.600. The summed E-state index contributed by atoms with van der Waals surface area (Å²) in [5, 5.41) is 0. The van der Waals surface area contributed by atoms with Crippen LogP contribution in [0, 0.1) is 5.92 Å². The van der Waals surface area contributed by atoms with Crippen molar-refractivity contribution in [1.82, 2.24) is 4.90 Å². The normalized spacial score (nSPS) is 31.3. The summed E-state index contributed by atoms with van der Waals surface area (Å²) >= 11 is 0. The smallest absolute Gasteiger partial charge is 0.338 e. The lowest BCUT2D eigenvalue weighted by Gasteiger charge is -2.32. The number of nitrogens with zero attached hydrogens (tertiary/aromatic N) is 1. The Hall–Kier alpha value is -1.62. The Morgan fingerprint density at radius 1 is 1.45 bits per heavy atom. The van der Waals surface area contributed by atoms with Crippen molar-refractivity contribution in [3.63, 3.8) is 0 Å². The number of fused-ring (bicyclic) bond motifs is 1. The van der Waals surface area contributed by atoms with Gasteiger partial charge in [0, 0.05) is 11.1 Å². The van der Waals surface area contributed by atoms with E-state index in [1.807, 2.05) is 20.8 Å². The van der Waals surface area contributed by atoms with E-state index in [1.54, 1.807) is 11.8 Å². The minimum atomic E-state index is -0.464. The first-order valence-electron chi connectivity index (χ1n) is 6.83. The summed E-state index contributed by atoms with van der Waals surface area (Å²) in [6, 6.07) is 0. The molecule has 20 heavy (non-hydrogen) atoms. The van der Waals surface area contributed by atoms with Crippen LogP contribution in [0.3, 0.4) is 0 Å². The molecule has 0 aliphatic carbocycles. The molecule has 1 amide bonds. The van der Waals surface area contributed by atoms with E-state index in [-0.39, 0.29) is 29.6 Å². The Morgan fingerprint density at radius 2 is 2.10 bits per heavy atom. The predicted octanol–water partition coefficient (Wildman–Crippen LogP) is 1.75. The fourth-order valence-corrected chi connectivity index (χ4v) is 3.16. The molecule has 2 fully saturated rings. The first-order chi connectivity index (χ1) is 9.21. The summed E-state index contributed by atoms with van der Waals surface area (Å²) in [7, 11) is 0. The quantitative estimate of drug-likeness (QED) is 0.570. The van der Waals surface area contributed by atoms with Crippen LogP contribution in [0.4, 0.5) is 0 Å². The number of esters is 1. The standard InChI is InChI=1S/C15H19NO4/c1-7(2)14(18)20-12-9-6-8-11(19-9)10(12)16(13(8)17)15(3,4)5/h8-9,11H,1,6H2,2-5H3. The zero-order chi connectivity index (χ0) is 14.8. The monoisotopic (exact) mass is 277 g/mol. The molecule has 3 heterocycles. The van der Waals surface area contributed by atoms with E-state index in [0.29, 0.717) is 17.8 Å². The minimum absolute atomic E-state index is 0.0707. The highest BCUT2D eigenvalue weighted by atomic mass is 16.6. The predicted molar refractivity (Wildman–Crippen MR) is 71.3 cm³/mol. The van der Waals surface area contributed by atoms with E-state index < -0.39 is 5.97 Å². The lowest BCUT2D eigenvalue weighted by atomic mass is 9.95. The maximum Gasteiger partial charge on any atom is 0.338 e. The maximum absolute atomic E-state index is 12.5. The summed E-state index contributed by atoms with van der Waals surface area (Å²) < 4.78 is 11.2. The van der Waals surface area contributed by atoms with Gasteiger partial charge >= 0.3 is 5.97 Å². The number of hydrogen-bond acceptors (Lipinski definition) is 4. The fourth-order valence-electron chi connectivity index (χ4n) is 3.16. The summed E-state index contributed by atoms with van der Waals surface area (Å²) in [5.74, 6) is -0.0173. The molecule has 108 valence electrons. The third-order valence-electron chi connectivity index (χ3n) is 3.96. The molecule has 0 radical (unpaired) electrons. The number of likely N-dealkylation sites (tertiary alicyclic amines) is 1. The van der Waals surface area contributed by atoms with Crippen LogP contribution in [0.15, 0.2) is 23.6 Å². The molecule has 3 aliphatic heterocycles. The van der Waals surface area contributed by atoms with E-state index in [4.69, 9.17) is 9.47 Å². The van der Waals surface area contributed by atoms with Crippen molar-refractivity contribution < 1.29 is 19.1 Å². The molecule has 0 aromatic carbocycles. The Bertz CT molecular complexity index is 555. The molecular formula is C15H19NO4. The molecule has 0 aromatic rings. The molecule has 0 N–H and O–H groups in total. The van der Waals surface area contributed by atoms with E-state index in [9.17, 15) is 9.59 Å². The van der Waals surface area contributed by atoms with Crippen LogP contribution in [-0.4, -0.2) is 34.5 Å². The SMILES string of the molecule is C=C(C)C(=O)OC1=C2C3OC1CC3C(=O)N2C(C)(C)C. The van der Waals surface area contributed by atoms with Gasteiger partial charge < -0.3 is 14.4 Å². The van der Waals surface area contributed by atoms with Crippen LogP contribution in [0.25, 0.3) is 0 Å². The Morgan fingerprint density at radius 3 is 2.65 bits per heavy atom. The second kappa shape index (κ2) is 3.95. The minimum Gasteiger partial charge on any atom is -0.423 e. The molecule has 3 atom stereocenters. The average molecular weight is 277 g/mol. The molecule has 2 saturated heterocycles. The third-order valence-corrected chi connectivity index (χ3v) is 3.96. The van der Waals surface area contributed by atoms with Crippen LogP contribution in [0.1, 0.15) is 34.1 Å². The van der Waals surface area contributed by atoms with Gasteiger partial charge in [-0.1, -0.05) is 6.58 Å². The Labute approximate surface area is 118 Å². The third kappa shape index (κ3) is 1.66. The van der Waals surface area contributed by atoms with Crippen LogP contribution in [0.2, 0.25) is 0 Å². The summed E-state index contributed by atoms with van der Waals surface area (Å²) in [6.07, 6.45) is 0.0671. The van der Waals surface area contributed by atoms with Crippen molar-refractivity contribution in [2.75, 3.05) is 0 Å². The van der Waals surface area contributed by atoms with Crippen LogP contribution >= 0.6 is 0 Å². The molecule has 3 aliphatic rings. The van der Waals surface area contributed by atoms with Gasteiger partial charge in [0.05, 0.1) is 11.6 Å². The lowest BCUT2D eigenvalue weighted by Crippen LogP contribution is -2.42. The average Bonchev–Trinajstić information content (AvgIpc) is 2.90.